The number of ketones is 2. The molecule has 4 heteroatoms. The molecule has 4 nitrogen and oxygen atoms in total. The van der Waals surface area contributed by atoms with Crippen molar-refractivity contribution < 1.29 is 9.59 Å². The van der Waals surface area contributed by atoms with Gasteiger partial charge in [0, 0.05) is 30.3 Å². The Kier molecular flexibility index (Phi) is 4.12. The van der Waals surface area contributed by atoms with Crippen LogP contribution in [0, 0.1) is 0 Å². The second-order valence-corrected chi connectivity index (χ2v) is 4.62. The molecule has 0 aromatic heterocycles. The molecule has 0 bridgehead atoms. The summed E-state index contributed by atoms with van der Waals surface area (Å²) in [5.41, 5.74) is 1.37. The van der Waals surface area contributed by atoms with Gasteiger partial charge in [-0.2, -0.15) is 0 Å². The van der Waals surface area contributed by atoms with E-state index in [0.717, 1.165) is 13.1 Å². The summed E-state index contributed by atoms with van der Waals surface area (Å²) in [4.78, 5) is 26.3. The fraction of sp³-hybridized carbons (Fsp3) is 0.333. The van der Waals surface area contributed by atoms with Crippen LogP contribution in [0.5, 0.6) is 0 Å². The highest BCUT2D eigenvalue weighted by atomic mass is 16.1. The lowest BCUT2D eigenvalue weighted by molar-refractivity contribution is 0.0978. The second-order valence-electron chi connectivity index (χ2n) is 4.62. The van der Waals surface area contributed by atoms with Crippen LogP contribution in [0.4, 0.5) is 0 Å². The summed E-state index contributed by atoms with van der Waals surface area (Å²) in [6.07, 6.45) is 1.40. The minimum absolute atomic E-state index is 0.102. The van der Waals surface area contributed by atoms with Crippen LogP contribution in [0.3, 0.4) is 0 Å². The van der Waals surface area contributed by atoms with Gasteiger partial charge in [0.2, 0.25) is 5.78 Å². The van der Waals surface area contributed by atoms with Crippen molar-refractivity contribution in [1.29, 1.82) is 0 Å². The van der Waals surface area contributed by atoms with Crippen LogP contribution >= 0.6 is 0 Å². The molecular formula is C15H18N2O2. The van der Waals surface area contributed by atoms with Crippen LogP contribution in [0.1, 0.15) is 27.6 Å². The quantitative estimate of drug-likeness (QED) is 0.869. The van der Waals surface area contributed by atoms with Crippen LogP contribution in [0.2, 0.25) is 0 Å². The minimum atomic E-state index is -0.110. The second kappa shape index (κ2) is 5.80. The predicted molar refractivity (Wildman–Crippen MR) is 74.4 cm³/mol. The van der Waals surface area contributed by atoms with Crippen molar-refractivity contribution in [3.63, 3.8) is 0 Å². The van der Waals surface area contributed by atoms with Gasteiger partial charge in [-0.15, -0.1) is 0 Å². The Bertz CT molecular complexity index is 535. The number of hydrogen-bond acceptors (Lipinski definition) is 4. The Morgan fingerprint density at radius 3 is 2.53 bits per heavy atom. The number of carbonyl (C=O) groups is 2. The molecule has 1 N–H and O–H groups in total. The first-order chi connectivity index (χ1) is 9.13. The van der Waals surface area contributed by atoms with Gasteiger partial charge in [-0.25, -0.2) is 0 Å². The molecule has 0 fully saturated rings. The van der Waals surface area contributed by atoms with E-state index < -0.39 is 0 Å². The number of Topliss-reactive ketones (excluding diaryl/α,β-unsaturated/α-hetero) is 1. The molecule has 1 aromatic carbocycles. The third kappa shape index (κ3) is 2.90. The normalized spacial score (nSPS) is 14.4. The van der Waals surface area contributed by atoms with E-state index in [1.54, 1.807) is 24.3 Å². The largest absolute Gasteiger partial charge is 0.380 e. The predicted octanol–water partition coefficient (Wildman–Crippen LogP) is 1.49. The lowest BCUT2D eigenvalue weighted by Gasteiger charge is -2.18. The average molecular weight is 258 g/mol. The van der Waals surface area contributed by atoms with Crippen molar-refractivity contribution in [2.45, 2.75) is 6.92 Å². The van der Waals surface area contributed by atoms with Gasteiger partial charge in [-0.1, -0.05) is 31.2 Å². The van der Waals surface area contributed by atoms with Crippen LogP contribution in [-0.2, 0) is 0 Å². The number of nitrogens with zero attached hydrogens (tertiary/aromatic N) is 1. The van der Waals surface area contributed by atoms with Gasteiger partial charge in [-0.05, 0) is 13.6 Å². The fourth-order valence-corrected chi connectivity index (χ4v) is 1.99. The van der Waals surface area contributed by atoms with Crippen molar-refractivity contribution in [2.75, 3.05) is 26.7 Å². The van der Waals surface area contributed by atoms with Crippen molar-refractivity contribution in [3.8, 4) is 0 Å². The van der Waals surface area contributed by atoms with Gasteiger partial charge in [0.05, 0.1) is 5.70 Å². The zero-order valence-corrected chi connectivity index (χ0v) is 11.3. The molecule has 0 unspecified atom stereocenters. The summed E-state index contributed by atoms with van der Waals surface area (Å²) in [5.74, 6) is -0.212. The number of benzene rings is 1. The maximum atomic E-state index is 12.2. The van der Waals surface area contributed by atoms with Gasteiger partial charge in [0.25, 0.3) is 0 Å². The van der Waals surface area contributed by atoms with E-state index >= 15 is 0 Å². The van der Waals surface area contributed by atoms with Gasteiger partial charge < -0.3 is 10.2 Å². The molecule has 100 valence electrons. The maximum Gasteiger partial charge on any atom is 0.209 e. The summed E-state index contributed by atoms with van der Waals surface area (Å²) in [6.45, 7) is 4.51. The summed E-state index contributed by atoms with van der Waals surface area (Å²) in [6, 6.07) is 6.93. The first-order valence-electron chi connectivity index (χ1n) is 6.45. The Morgan fingerprint density at radius 2 is 1.84 bits per heavy atom. The molecule has 0 aliphatic heterocycles. The molecule has 2 rings (SSSR count). The Balaban J connectivity index is 2.08. The summed E-state index contributed by atoms with van der Waals surface area (Å²) in [5, 5.41) is 3.06. The van der Waals surface area contributed by atoms with E-state index in [1.807, 2.05) is 7.05 Å². The van der Waals surface area contributed by atoms with Crippen LogP contribution in [-0.4, -0.2) is 43.1 Å². The van der Waals surface area contributed by atoms with Crippen molar-refractivity contribution in [3.05, 3.63) is 47.2 Å². The Hall–Kier alpha value is -1.94. The van der Waals surface area contributed by atoms with Gasteiger partial charge in [0.1, 0.15) is 0 Å². The molecule has 0 spiro atoms. The molecule has 1 aliphatic carbocycles. The van der Waals surface area contributed by atoms with E-state index in [4.69, 9.17) is 0 Å². The lowest BCUT2D eigenvalue weighted by Crippen LogP contribution is -2.33. The molecule has 0 radical (unpaired) electrons. The number of fused-ring (bicyclic) bond motifs is 1. The average Bonchev–Trinajstić information content (AvgIpc) is 2.44. The summed E-state index contributed by atoms with van der Waals surface area (Å²) in [7, 11) is 2.01. The Labute approximate surface area is 113 Å². The maximum absolute atomic E-state index is 12.2. The molecule has 0 heterocycles. The minimum Gasteiger partial charge on any atom is -0.380 e. The number of allylic oxidation sites excluding steroid dienone is 2. The monoisotopic (exact) mass is 258 g/mol. The SMILES string of the molecule is CCN(C)CCNC1=CC(=O)c2ccccc2C1=O. The highest BCUT2D eigenvalue weighted by Gasteiger charge is 2.24. The third-order valence-electron chi connectivity index (χ3n) is 3.31. The van der Waals surface area contributed by atoms with Gasteiger partial charge in [-0.3, -0.25) is 9.59 Å². The van der Waals surface area contributed by atoms with Gasteiger partial charge in [0.15, 0.2) is 5.78 Å². The van der Waals surface area contributed by atoms with E-state index in [9.17, 15) is 9.59 Å². The highest BCUT2D eigenvalue weighted by molar-refractivity contribution is 6.24. The zero-order chi connectivity index (χ0) is 13.8. The number of rotatable bonds is 5. The summed E-state index contributed by atoms with van der Waals surface area (Å²) >= 11 is 0. The molecular weight excluding hydrogens is 240 g/mol. The molecule has 0 saturated heterocycles. The highest BCUT2D eigenvalue weighted by Crippen LogP contribution is 2.19. The topological polar surface area (TPSA) is 49.4 Å². The smallest absolute Gasteiger partial charge is 0.209 e. The van der Waals surface area contributed by atoms with Crippen LogP contribution in [0.15, 0.2) is 36.0 Å². The molecule has 0 atom stereocenters. The van der Waals surface area contributed by atoms with Crippen molar-refractivity contribution in [1.82, 2.24) is 10.2 Å². The molecule has 0 saturated carbocycles. The fourth-order valence-electron chi connectivity index (χ4n) is 1.99. The molecule has 1 aliphatic rings. The molecule has 1 aromatic rings. The number of likely N-dealkylation sites (N-methyl/N-ethyl adjacent to an activating group) is 1. The van der Waals surface area contributed by atoms with E-state index in [-0.39, 0.29) is 11.6 Å². The zero-order valence-electron chi connectivity index (χ0n) is 11.3. The van der Waals surface area contributed by atoms with Crippen molar-refractivity contribution >= 4 is 11.6 Å². The third-order valence-corrected chi connectivity index (χ3v) is 3.31. The summed E-state index contributed by atoms with van der Waals surface area (Å²) < 4.78 is 0. The standard InChI is InChI=1S/C15H18N2O2/c1-3-17(2)9-8-16-13-10-14(18)11-6-4-5-7-12(11)15(13)19/h4-7,10,16H,3,8-9H2,1-2H3. The Morgan fingerprint density at radius 1 is 1.16 bits per heavy atom. The number of hydrogen-bond donors (Lipinski definition) is 1. The first kappa shape index (κ1) is 13.5. The van der Waals surface area contributed by atoms with Crippen LogP contribution in [0.25, 0.3) is 0 Å². The van der Waals surface area contributed by atoms with Gasteiger partial charge >= 0.3 is 0 Å². The molecule has 0 amide bonds. The number of nitrogens with one attached hydrogen (secondary N) is 1. The van der Waals surface area contributed by atoms with Crippen LogP contribution < -0.4 is 5.32 Å². The van der Waals surface area contributed by atoms with Crippen molar-refractivity contribution in [2.24, 2.45) is 0 Å². The molecule has 19 heavy (non-hydrogen) atoms. The van der Waals surface area contributed by atoms with E-state index in [2.05, 4.69) is 17.1 Å². The lowest BCUT2D eigenvalue weighted by atomic mass is 9.93. The number of carbonyl (C=O) groups excluding carboxylic acids is 2. The van der Waals surface area contributed by atoms with E-state index in [0.29, 0.717) is 23.4 Å². The first-order valence-corrected chi connectivity index (χ1v) is 6.45. The van der Waals surface area contributed by atoms with E-state index in [1.165, 1.54) is 6.08 Å².